The van der Waals surface area contributed by atoms with E-state index in [1.807, 2.05) is 0 Å². The molecule has 1 heteroatoms. The maximum absolute atomic E-state index is 10.1. The third-order valence-corrected chi connectivity index (χ3v) is 3.09. The molecule has 0 saturated carbocycles. The predicted octanol–water partition coefficient (Wildman–Crippen LogP) is 4.39. The zero-order valence-electron chi connectivity index (χ0n) is 10.8. The summed E-state index contributed by atoms with van der Waals surface area (Å²) in [4.78, 5) is 0. The van der Waals surface area contributed by atoms with Crippen LogP contribution in [0.1, 0.15) is 56.2 Å². The van der Waals surface area contributed by atoms with E-state index in [1.54, 1.807) is 0 Å². The lowest BCUT2D eigenvalue weighted by atomic mass is 9.98. The standard InChI is InChI=1S/C15H24O/c1-4-6-7-8-9-14-11-12(3)10-13(5-2)15(14)16/h10-11,16H,4-9H2,1-3H3. The highest BCUT2D eigenvalue weighted by Crippen LogP contribution is 2.26. The number of phenols is 1. The fraction of sp³-hybridized carbons (Fsp3) is 0.600. The number of hydrogen-bond donors (Lipinski definition) is 1. The Balaban J connectivity index is 2.67. The molecule has 16 heavy (non-hydrogen) atoms. The highest BCUT2D eigenvalue weighted by Gasteiger charge is 2.06. The van der Waals surface area contributed by atoms with Crippen LogP contribution in [0.2, 0.25) is 0 Å². The molecule has 0 saturated heterocycles. The third-order valence-electron chi connectivity index (χ3n) is 3.09. The topological polar surface area (TPSA) is 20.2 Å². The molecule has 0 radical (unpaired) electrons. The second kappa shape index (κ2) is 6.57. The zero-order chi connectivity index (χ0) is 12.0. The van der Waals surface area contributed by atoms with E-state index in [9.17, 15) is 5.11 Å². The van der Waals surface area contributed by atoms with Gasteiger partial charge in [0.25, 0.3) is 0 Å². The molecule has 1 aromatic carbocycles. The Morgan fingerprint density at radius 2 is 1.69 bits per heavy atom. The first-order valence-electron chi connectivity index (χ1n) is 6.50. The van der Waals surface area contributed by atoms with Crippen molar-refractivity contribution in [2.75, 3.05) is 0 Å². The summed E-state index contributed by atoms with van der Waals surface area (Å²) in [6, 6.07) is 4.21. The van der Waals surface area contributed by atoms with Crippen LogP contribution in [0.15, 0.2) is 12.1 Å². The van der Waals surface area contributed by atoms with Gasteiger partial charge >= 0.3 is 0 Å². The Labute approximate surface area is 99.5 Å². The van der Waals surface area contributed by atoms with Gasteiger partial charge in [0.2, 0.25) is 0 Å². The van der Waals surface area contributed by atoms with Crippen molar-refractivity contribution in [2.45, 2.75) is 59.3 Å². The van der Waals surface area contributed by atoms with E-state index >= 15 is 0 Å². The van der Waals surface area contributed by atoms with Gasteiger partial charge in [-0.1, -0.05) is 50.8 Å². The molecule has 0 aliphatic rings. The minimum absolute atomic E-state index is 0.532. The molecular formula is C15H24O. The van der Waals surface area contributed by atoms with E-state index in [0.717, 1.165) is 24.0 Å². The maximum atomic E-state index is 10.1. The molecule has 0 amide bonds. The monoisotopic (exact) mass is 220 g/mol. The second-order valence-electron chi connectivity index (χ2n) is 4.60. The molecule has 0 atom stereocenters. The molecule has 90 valence electrons. The first-order valence-corrected chi connectivity index (χ1v) is 6.50. The molecule has 0 fully saturated rings. The summed E-state index contributed by atoms with van der Waals surface area (Å²) in [6.45, 7) is 6.42. The first kappa shape index (κ1) is 13.1. The average Bonchev–Trinajstić information content (AvgIpc) is 2.28. The summed E-state index contributed by atoms with van der Waals surface area (Å²) in [5.41, 5.74) is 3.48. The first-order chi connectivity index (χ1) is 7.69. The summed E-state index contributed by atoms with van der Waals surface area (Å²) in [5, 5.41) is 10.1. The fourth-order valence-electron chi connectivity index (χ4n) is 2.14. The van der Waals surface area contributed by atoms with Gasteiger partial charge in [-0.05, 0) is 37.3 Å². The molecule has 0 unspecified atom stereocenters. The lowest BCUT2D eigenvalue weighted by molar-refractivity contribution is 0.459. The lowest BCUT2D eigenvalue weighted by Crippen LogP contribution is -1.93. The van der Waals surface area contributed by atoms with Crippen LogP contribution < -0.4 is 0 Å². The van der Waals surface area contributed by atoms with E-state index in [1.165, 1.54) is 31.2 Å². The van der Waals surface area contributed by atoms with Crippen LogP contribution in [-0.2, 0) is 12.8 Å². The van der Waals surface area contributed by atoms with Crippen LogP contribution in [0.25, 0.3) is 0 Å². The zero-order valence-corrected chi connectivity index (χ0v) is 10.8. The van der Waals surface area contributed by atoms with Crippen molar-refractivity contribution in [1.82, 2.24) is 0 Å². The quantitative estimate of drug-likeness (QED) is 0.705. The van der Waals surface area contributed by atoms with Gasteiger partial charge in [0, 0.05) is 0 Å². The van der Waals surface area contributed by atoms with Gasteiger partial charge in [-0.3, -0.25) is 0 Å². The number of hydrogen-bond acceptors (Lipinski definition) is 1. The summed E-state index contributed by atoms with van der Waals surface area (Å²) in [7, 11) is 0. The van der Waals surface area contributed by atoms with Crippen LogP contribution >= 0.6 is 0 Å². The number of phenolic OH excluding ortho intramolecular Hbond substituents is 1. The van der Waals surface area contributed by atoms with Crippen molar-refractivity contribution in [1.29, 1.82) is 0 Å². The average molecular weight is 220 g/mol. The Bertz CT molecular complexity index is 328. The van der Waals surface area contributed by atoms with Gasteiger partial charge in [-0.2, -0.15) is 0 Å². The summed E-state index contributed by atoms with van der Waals surface area (Å²) >= 11 is 0. The second-order valence-corrected chi connectivity index (χ2v) is 4.60. The number of benzene rings is 1. The highest BCUT2D eigenvalue weighted by molar-refractivity contribution is 5.43. The summed E-state index contributed by atoms with van der Waals surface area (Å²) in [5.74, 6) is 0.532. The maximum Gasteiger partial charge on any atom is 0.121 e. The minimum Gasteiger partial charge on any atom is -0.507 e. The molecule has 1 N–H and O–H groups in total. The van der Waals surface area contributed by atoms with Gasteiger partial charge in [0.15, 0.2) is 0 Å². The van der Waals surface area contributed by atoms with Crippen molar-refractivity contribution in [3.05, 3.63) is 28.8 Å². The third kappa shape index (κ3) is 3.55. The Kier molecular flexibility index (Phi) is 5.37. The molecular weight excluding hydrogens is 196 g/mol. The van der Waals surface area contributed by atoms with Gasteiger partial charge < -0.3 is 5.11 Å². The number of aryl methyl sites for hydroxylation is 3. The molecule has 0 heterocycles. The Morgan fingerprint density at radius 3 is 2.31 bits per heavy atom. The summed E-state index contributed by atoms with van der Waals surface area (Å²) < 4.78 is 0. The number of aromatic hydroxyl groups is 1. The van der Waals surface area contributed by atoms with Crippen molar-refractivity contribution in [3.8, 4) is 5.75 Å². The van der Waals surface area contributed by atoms with Crippen LogP contribution in [0.5, 0.6) is 5.75 Å². The largest absolute Gasteiger partial charge is 0.507 e. The number of rotatable bonds is 6. The van der Waals surface area contributed by atoms with Gasteiger partial charge in [0.1, 0.15) is 5.75 Å². The van der Waals surface area contributed by atoms with E-state index < -0.39 is 0 Å². The van der Waals surface area contributed by atoms with Crippen molar-refractivity contribution in [3.63, 3.8) is 0 Å². The Morgan fingerprint density at radius 1 is 1.00 bits per heavy atom. The van der Waals surface area contributed by atoms with Crippen molar-refractivity contribution >= 4 is 0 Å². The smallest absolute Gasteiger partial charge is 0.121 e. The summed E-state index contributed by atoms with van der Waals surface area (Å²) in [6.07, 6.45) is 6.95. The lowest BCUT2D eigenvalue weighted by Gasteiger charge is -2.10. The van der Waals surface area contributed by atoms with Gasteiger partial charge in [-0.25, -0.2) is 0 Å². The van der Waals surface area contributed by atoms with Crippen molar-refractivity contribution < 1.29 is 5.11 Å². The highest BCUT2D eigenvalue weighted by atomic mass is 16.3. The Hall–Kier alpha value is -0.980. The van der Waals surface area contributed by atoms with Crippen molar-refractivity contribution in [2.24, 2.45) is 0 Å². The van der Waals surface area contributed by atoms with E-state index in [-0.39, 0.29) is 0 Å². The SMILES string of the molecule is CCCCCCc1cc(C)cc(CC)c1O. The molecule has 0 bridgehead atoms. The van der Waals surface area contributed by atoms with Crippen LogP contribution in [0.4, 0.5) is 0 Å². The van der Waals surface area contributed by atoms with Gasteiger partial charge in [-0.15, -0.1) is 0 Å². The van der Waals surface area contributed by atoms with E-state index in [4.69, 9.17) is 0 Å². The molecule has 0 aliphatic heterocycles. The van der Waals surface area contributed by atoms with Gasteiger partial charge in [0.05, 0.1) is 0 Å². The molecule has 0 spiro atoms. The fourth-order valence-corrected chi connectivity index (χ4v) is 2.14. The predicted molar refractivity (Wildman–Crippen MR) is 70.1 cm³/mol. The molecule has 0 aliphatic carbocycles. The molecule has 0 aromatic heterocycles. The van der Waals surface area contributed by atoms with Crippen LogP contribution in [0.3, 0.4) is 0 Å². The molecule has 1 nitrogen and oxygen atoms in total. The van der Waals surface area contributed by atoms with E-state index in [0.29, 0.717) is 5.75 Å². The minimum atomic E-state index is 0.532. The van der Waals surface area contributed by atoms with Crippen LogP contribution in [0, 0.1) is 6.92 Å². The molecule has 1 rings (SSSR count). The molecule has 1 aromatic rings. The van der Waals surface area contributed by atoms with E-state index in [2.05, 4.69) is 32.9 Å². The van der Waals surface area contributed by atoms with Crippen LogP contribution in [-0.4, -0.2) is 5.11 Å². The number of unbranched alkanes of at least 4 members (excludes halogenated alkanes) is 3. The normalized spacial score (nSPS) is 10.7.